The van der Waals surface area contributed by atoms with Gasteiger partial charge in [0.1, 0.15) is 22.8 Å². The lowest BCUT2D eigenvalue weighted by atomic mass is 9.89. The molecule has 3 aromatic rings. The zero-order valence-electron chi connectivity index (χ0n) is 19.2. The highest BCUT2D eigenvalue weighted by Gasteiger charge is 2.33. The van der Waals surface area contributed by atoms with Crippen LogP contribution in [0.25, 0.3) is 22.2 Å². The number of ether oxygens (including phenoxy) is 2. The number of aromatic nitrogens is 2. The maximum absolute atomic E-state index is 14.0. The number of carbonyl (C=O) groups is 1. The summed E-state index contributed by atoms with van der Waals surface area (Å²) in [6.45, 7) is 8.33. The Kier molecular flexibility index (Phi) is 5.84. The summed E-state index contributed by atoms with van der Waals surface area (Å²) in [6.07, 6.45) is 3.11. The summed E-state index contributed by atoms with van der Waals surface area (Å²) in [5.41, 5.74) is 2.88. The number of amides is 1. The van der Waals surface area contributed by atoms with E-state index >= 15 is 0 Å². The van der Waals surface area contributed by atoms with Crippen molar-refractivity contribution in [3.05, 3.63) is 48.0 Å². The van der Waals surface area contributed by atoms with Crippen molar-refractivity contribution in [1.29, 1.82) is 0 Å². The minimum absolute atomic E-state index is 0.0609. The van der Waals surface area contributed by atoms with Crippen LogP contribution in [-0.4, -0.2) is 46.3 Å². The highest BCUT2D eigenvalue weighted by molar-refractivity contribution is 5.95. The van der Waals surface area contributed by atoms with Gasteiger partial charge in [-0.2, -0.15) is 0 Å². The van der Waals surface area contributed by atoms with E-state index in [1.54, 1.807) is 19.4 Å². The van der Waals surface area contributed by atoms with Crippen LogP contribution in [0, 0.1) is 5.82 Å². The number of aromatic amines is 1. The van der Waals surface area contributed by atoms with Gasteiger partial charge in [0.05, 0.1) is 7.11 Å². The molecular formula is C25H30FN3O3. The monoisotopic (exact) mass is 439 g/mol. The maximum Gasteiger partial charge on any atom is 0.410 e. The number of rotatable bonds is 3. The van der Waals surface area contributed by atoms with Gasteiger partial charge in [0.25, 0.3) is 0 Å². The van der Waals surface area contributed by atoms with Gasteiger partial charge in [0.2, 0.25) is 0 Å². The molecule has 0 spiro atoms. The van der Waals surface area contributed by atoms with E-state index in [2.05, 4.69) is 23.0 Å². The largest absolute Gasteiger partial charge is 0.496 e. The number of benzene rings is 1. The quantitative estimate of drug-likeness (QED) is 0.553. The summed E-state index contributed by atoms with van der Waals surface area (Å²) in [4.78, 5) is 22.3. The number of hydrogen-bond donors (Lipinski definition) is 1. The minimum Gasteiger partial charge on any atom is -0.496 e. The first-order chi connectivity index (χ1) is 15.2. The SMILES string of the molecule is COc1ccc(F)cc1-c1ccnc2[nH]c(C3CCN(C(=O)OC(C)(C)C)[C@@H](C)C3)cc12. The van der Waals surface area contributed by atoms with E-state index in [1.807, 2.05) is 31.7 Å². The van der Waals surface area contributed by atoms with Gasteiger partial charge in [-0.3, -0.25) is 0 Å². The minimum atomic E-state index is -0.509. The van der Waals surface area contributed by atoms with Gasteiger partial charge in [-0.1, -0.05) is 0 Å². The number of likely N-dealkylation sites (tertiary alicyclic amines) is 1. The number of halogens is 1. The maximum atomic E-state index is 14.0. The molecule has 2 atom stereocenters. The van der Waals surface area contributed by atoms with E-state index in [1.165, 1.54) is 12.1 Å². The summed E-state index contributed by atoms with van der Waals surface area (Å²) in [5, 5.41) is 0.925. The number of pyridine rings is 1. The van der Waals surface area contributed by atoms with E-state index in [4.69, 9.17) is 9.47 Å². The van der Waals surface area contributed by atoms with Crippen molar-refractivity contribution in [2.24, 2.45) is 0 Å². The molecule has 0 aliphatic carbocycles. The molecule has 0 saturated carbocycles. The Morgan fingerprint density at radius 1 is 1.22 bits per heavy atom. The van der Waals surface area contributed by atoms with Gasteiger partial charge < -0.3 is 19.4 Å². The van der Waals surface area contributed by atoms with Crippen molar-refractivity contribution in [2.45, 2.75) is 58.1 Å². The third-order valence-corrected chi connectivity index (χ3v) is 5.95. The van der Waals surface area contributed by atoms with Crippen LogP contribution in [0.4, 0.5) is 9.18 Å². The lowest BCUT2D eigenvalue weighted by molar-refractivity contribution is 0.0102. The van der Waals surface area contributed by atoms with Crippen molar-refractivity contribution in [1.82, 2.24) is 14.9 Å². The zero-order valence-corrected chi connectivity index (χ0v) is 19.2. The van der Waals surface area contributed by atoms with Crippen LogP contribution in [0.2, 0.25) is 0 Å². The van der Waals surface area contributed by atoms with E-state index in [-0.39, 0.29) is 23.9 Å². The Labute approximate surface area is 187 Å². The lowest BCUT2D eigenvalue weighted by Crippen LogP contribution is -2.46. The molecule has 7 heteroatoms. The molecule has 2 aromatic heterocycles. The van der Waals surface area contributed by atoms with Gasteiger partial charge in [-0.05, 0) is 76.4 Å². The molecule has 1 unspecified atom stereocenters. The molecule has 170 valence electrons. The summed E-state index contributed by atoms with van der Waals surface area (Å²) in [6, 6.07) is 8.56. The lowest BCUT2D eigenvalue weighted by Gasteiger charge is -2.38. The number of piperidine rings is 1. The molecular weight excluding hydrogens is 409 g/mol. The van der Waals surface area contributed by atoms with Crippen LogP contribution in [0.1, 0.15) is 52.1 Å². The van der Waals surface area contributed by atoms with Crippen LogP contribution >= 0.6 is 0 Å². The van der Waals surface area contributed by atoms with Crippen LogP contribution in [-0.2, 0) is 4.74 Å². The van der Waals surface area contributed by atoms with Crippen LogP contribution < -0.4 is 4.74 Å². The summed E-state index contributed by atoms with van der Waals surface area (Å²) < 4.78 is 25.0. The van der Waals surface area contributed by atoms with Gasteiger partial charge in [-0.15, -0.1) is 0 Å². The molecule has 1 amide bonds. The van der Waals surface area contributed by atoms with Crippen molar-refractivity contribution in [3.8, 4) is 16.9 Å². The average Bonchev–Trinajstić information content (AvgIpc) is 3.16. The fraction of sp³-hybridized carbons (Fsp3) is 0.440. The molecule has 6 nitrogen and oxygen atoms in total. The molecule has 4 rings (SSSR count). The molecule has 1 aliphatic rings. The number of fused-ring (bicyclic) bond motifs is 1. The van der Waals surface area contributed by atoms with Crippen LogP contribution in [0.15, 0.2) is 36.5 Å². The van der Waals surface area contributed by atoms with E-state index in [9.17, 15) is 9.18 Å². The average molecular weight is 440 g/mol. The van der Waals surface area contributed by atoms with Gasteiger partial charge in [0, 0.05) is 41.3 Å². The molecule has 32 heavy (non-hydrogen) atoms. The highest BCUT2D eigenvalue weighted by atomic mass is 19.1. The summed E-state index contributed by atoms with van der Waals surface area (Å²) >= 11 is 0. The second-order valence-corrected chi connectivity index (χ2v) is 9.43. The Hall–Kier alpha value is -3.09. The van der Waals surface area contributed by atoms with E-state index in [0.717, 1.165) is 35.1 Å². The number of nitrogens with one attached hydrogen (secondary N) is 1. The standard InChI is InChI=1S/C25H30FN3O3/c1-15-12-16(9-11-29(15)24(30)32-25(2,3)4)21-14-20-18(8-10-27-23(20)28-21)19-13-17(26)6-7-22(19)31-5/h6-8,10,13-16H,9,11-12H2,1-5H3,(H,27,28)/t15-,16?/m0/s1. The molecule has 1 saturated heterocycles. The predicted octanol–water partition coefficient (Wildman–Crippen LogP) is 5.88. The van der Waals surface area contributed by atoms with Crippen LogP contribution in [0.3, 0.4) is 0 Å². The number of hydrogen-bond acceptors (Lipinski definition) is 4. The Balaban J connectivity index is 1.61. The first kappa shape index (κ1) is 22.1. The highest BCUT2D eigenvalue weighted by Crippen LogP contribution is 2.38. The molecule has 1 aromatic carbocycles. The number of H-pyrrole nitrogens is 1. The topological polar surface area (TPSA) is 67.5 Å². The Morgan fingerprint density at radius 2 is 2.00 bits per heavy atom. The first-order valence-corrected chi connectivity index (χ1v) is 11.0. The predicted molar refractivity (Wildman–Crippen MR) is 122 cm³/mol. The Morgan fingerprint density at radius 3 is 2.69 bits per heavy atom. The van der Waals surface area contributed by atoms with Crippen molar-refractivity contribution >= 4 is 17.1 Å². The molecule has 1 fully saturated rings. The fourth-order valence-corrected chi connectivity index (χ4v) is 4.44. The number of nitrogens with zero attached hydrogens (tertiary/aromatic N) is 2. The van der Waals surface area contributed by atoms with E-state index in [0.29, 0.717) is 17.9 Å². The number of carbonyl (C=O) groups excluding carboxylic acids is 1. The fourth-order valence-electron chi connectivity index (χ4n) is 4.44. The third kappa shape index (κ3) is 4.42. The first-order valence-electron chi connectivity index (χ1n) is 11.0. The van der Waals surface area contributed by atoms with Crippen molar-refractivity contribution < 1.29 is 18.7 Å². The number of methoxy groups -OCH3 is 1. The zero-order chi connectivity index (χ0) is 23.0. The smallest absolute Gasteiger partial charge is 0.410 e. The second kappa shape index (κ2) is 8.45. The molecule has 0 bridgehead atoms. The summed E-state index contributed by atoms with van der Waals surface area (Å²) in [7, 11) is 1.58. The van der Waals surface area contributed by atoms with E-state index < -0.39 is 5.60 Å². The molecule has 1 N–H and O–H groups in total. The second-order valence-electron chi connectivity index (χ2n) is 9.43. The van der Waals surface area contributed by atoms with Gasteiger partial charge >= 0.3 is 6.09 Å². The van der Waals surface area contributed by atoms with Crippen molar-refractivity contribution in [2.75, 3.05) is 13.7 Å². The summed E-state index contributed by atoms with van der Waals surface area (Å²) in [5.74, 6) is 0.561. The van der Waals surface area contributed by atoms with Gasteiger partial charge in [0.15, 0.2) is 0 Å². The normalized spacial score (nSPS) is 19.2. The van der Waals surface area contributed by atoms with Crippen molar-refractivity contribution in [3.63, 3.8) is 0 Å². The molecule has 0 radical (unpaired) electrons. The molecule has 3 heterocycles. The van der Waals surface area contributed by atoms with Gasteiger partial charge in [-0.25, -0.2) is 14.2 Å². The Bertz CT molecular complexity index is 1140. The van der Waals surface area contributed by atoms with Crippen LogP contribution in [0.5, 0.6) is 5.75 Å². The third-order valence-electron chi connectivity index (χ3n) is 5.95. The molecule has 1 aliphatic heterocycles.